The highest BCUT2D eigenvalue weighted by atomic mass is 16.7. The zero-order valence-corrected chi connectivity index (χ0v) is 10.5. The van der Waals surface area contributed by atoms with Gasteiger partial charge in [-0.2, -0.15) is 0 Å². The Balaban J connectivity index is 1.61. The van der Waals surface area contributed by atoms with Crippen LogP contribution in [0.15, 0.2) is 24.4 Å². The zero-order valence-electron chi connectivity index (χ0n) is 10.5. The van der Waals surface area contributed by atoms with E-state index < -0.39 is 5.79 Å². The van der Waals surface area contributed by atoms with Gasteiger partial charge in [0, 0.05) is 31.4 Å². The van der Waals surface area contributed by atoms with Crippen LogP contribution in [0.1, 0.15) is 19.5 Å². The Morgan fingerprint density at radius 3 is 3.00 bits per heavy atom. The largest absolute Gasteiger partial charge is 0.348 e. The van der Waals surface area contributed by atoms with Crippen LogP contribution in [0.4, 0.5) is 0 Å². The summed E-state index contributed by atoms with van der Waals surface area (Å²) < 4.78 is 11.2. The maximum absolute atomic E-state index is 5.70. The molecule has 1 aromatic rings. The highest BCUT2D eigenvalue weighted by molar-refractivity contribution is 5.03. The number of aromatic nitrogens is 1. The fourth-order valence-corrected chi connectivity index (χ4v) is 1.89. The minimum atomic E-state index is -0.423. The van der Waals surface area contributed by atoms with E-state index in [4.69, 9.17) is 9.47 Å². The zero-order chi connectivity index (χ0) is 12.1. The van der Waals surface area contributed by atoms with Gasteiger partial charge in [0.05, 0.1) is 12.7 Å². The van der Waals surface area contributed by atoms with Crippen LogP contribution in [0.3, 0.4) is 0 Å². The summed E-state index contributed by atoms with van der Waals surface area (Å²) >= 11 is 0. The van der Waals surface area contributed by atoms with Crippen LogP contribution in [0.25, 0.3) is 0 Å². The number of hydrogen-bond donors (Lipinski definition) is 1. The molecule has 1 saturated heterocycles. The van der Waals surface area contributed by atoms with Crippen LogP contribution < -0.4 is 5.32 Å². The predicted octanol–water partition coefficient (Wildman–Crippen LogP) is 1.37. The Morgan fingerprint density at radius 2 is 2.35 bits per heavy atom. The number of nitrogens with zero attached hydrogens (tertiary/aromatic N) is 1. The molecular weight excluding hydrogens is 216 g/mol. The van der Waals surface area contributed by atoms with E-state index in [0.717, 1.165) is 25.2 Å². The first kappa shape index (κ1) is 12.5. The number of nitrogens with one attached hydrogen (secondary N) is 1. The van der Waals surface area contributed by atoms with Gasteiger partial charge in [-0.25, -0.2) is 0 Å². The van der Waals surface area contributed by atoms with Crippen molar-refractivity contribution in [1.82, 2.24) is 10.3 Å². The van der Waals surface area contributed by atoms with Crippen LogP contribution in [0, 0.1) is 0 Å². The molecule has 1 aromatic heterocycles. The number of rotatable bonds is 5. The van der Waals surface area contributed by atoms with Gasteiger partial charge in [-0.15, -0.1) is 0 Å². The van der Waals surface area contributed by atoms with E-state index in [1.807, 2.05) is 38.2 Å². The summed E-state index contributed by atoms with van der Waals surface area (Å²) in [6.07, 6.45) is 2.93. The predicted molar refractivity (Wildman–Crippen MR) is 65.7 cm³/mol. The average Bonchev–Trinajstić information content (AvgIpc) is 2.66. The van der Waals surface area contributed by atoms with Crippen LogP contribution in [0.5, 0.6) is 0 Å². The van der Waals surface area contributed by atoms with Gasteiger partial charge in [-0.05, 0) is 26.0 Å². The van der Waals surface area contributed by atoms with E-state index in [0.29, 0.717) is 6.61 Å². The molecule has 0 saturated carbocycles. The molecule has 1 aliphatic rings. The average molecular weight is 236 g/mol. The third-order valence-corrected chi connectivity index (χ3v) is 2.72. The minimum absolute atomic E-state index is 0.161. The van der Waals surface area contributed by atoms with Crippen molar-refractivity contribution in [3.8, 4) is 0 Å². The molecule has 0 amide bonds. The third-order valence-electron chi connectivity index (χ3n) is 2.72. The normalized spacial score (nSPS) is 22.8. The Morgan fingerprint density at radius 1 is 1.47 bits per heavy atom. The van der Waals surface area contributed by atoms with Crippen molar-refractivity contribution in [2.24, 2.45) is 0 Å². The molecule has 1 N–H and O–H groups in total. The van der Waals surface area contributed by atoms with Crippen molar-refractivity contribution in [2.45, 2.75) is 32.2 Å². The number of hydrogen-bond acceptors (Lipinski definition) is 4. The molecule has 0 radical (unpaired) electrons. The van der Waals surface area contributed by atoms with Gasteiger partial charge in [0.15, 0.2) is 5.79 Å². The molecule has 2 rings (SSSR count). The molecule has 1 aliphatic heterocycles. The lowest BCUT2D eigenvalue weighted by Gasteiger charge is -2.17. The first-order chi connectivity index (χ1) is 8.16. The fraction of sp³-hybridized carbons (Fsp3) is 0.615. The van der Waals surface area contributed by atoms with E-state index in [1.165, 1.54) is 0 Å². The summed E-state index contributed by atoms with van der Waals surface area (Å²) in [5.41, 5.74) is 1.11. The number of pyridine rings is 1. The van der Waals surface area contributed by atoms with Crippen LogP contribution in [0.2, 0.25) is 0 Å². The second kappa shape index (κ2) is 5.58. The highest BCUT2D eigenvalue weighted by Crippen LogP contribution is 2.21. The molecule has 2 heterocycles. The molecule has 17 heavy (non-hydrogen) atoms. The van der Waals surface area contributed by atoms with Crippen molar-refractivity contribution in [1.29, 1.82) is 0 Å². The summed E-state index contributed by atoms with van der Waals surface area (Å²) in [4.78, 5) is 4.28. The summed E-state index contributed by atoms with van der Waals surface area (Å²) in [6.45, 7) is 6.30. The molecule has 0 unspecified atom stereocenters. The topological polar surface area (TPSA) is 43.4 Å². The lowest BCUT2D eigenvalue weighted by molar-refractivity contribution is -0.137. The van der Waals surface area contributed by atoms with Crippen molar-refractivity contribution in [2.75, 3.05) is 19.7 Å². The van der Waals surface area contributed by atoms with Gasteiger partial charge in [0.2, 0.25) is 0 Å². The molecule has 1 atom stereocenters. The van der Waals surface area contributed by atoms with Crippen molar-refractivity contribution in [3.05, 3.63) is 30.1 Å². The van der Waals surface area contributed by atoms with E-state index in [1.54, 1.807) is 0 Å². The van der Waals surface area contributed by atoms with E-state index in [-0.39, 0.29) is 6.10 Å². The second-order valence-corrected chi connectivity index (χ2v) is 4.73. The monoisotopic (exact) mass is 236 g/mol. The Labute approximate surface area is 102 Å². The molecule has 0 aliphatic carbocycles. The van der Waals surface area contributed by atoms with Gasteiger partial charge < -0.3 is 14.8 Å². The Hall–Kier alpha value is -0.970. The lowest BCUT2D eigenvalue weighted by atomic mass is 10.2. The van der Waals surface area contributed by atoms with Crippen LogP contribution in [-0.4, -0.2) is 36.6 Å². The van der Waals surface area contributed by atoms with Crippen LogP contribution in [-0.2, 0) is 15.9 Å². The maximum atomic E-state index is 5.70. The van der Waals surface area contributed by atoms with Gasteiger partial charge in [0.1, 0.15) is 0 Å². The second-order valence-electron chi connectivity index (χ2n) is 4.73. The minimum Gasteiger partial charge on any atom is -0.348 e. The van der Waals surface area contributed by atoms with Gasteiger partial charge >= 0.3 is 0 Å². The molecule has 0 spiro atoms. The van der Waals surface area contributed by atoms with Crippen LogP contribution >= 0.6 is 0 Å². The Bertz CT molecular complexity index is 341. The van der Waals surface area contributed by atoms with E-state index in [2.05, 4.69) is 10.3 Å². The molecule has 94 valence electrons. The van der Waals surface area contributed by atoms with E-state index >= 15 is 0 Å². The smallest absolute Gasteiger partial charge is 0.163 e. The third kappa shape index (κ3) is 4.07. The summed E-state index contributed by atoms with van der Waals surface area (Å²) in [7, 11) is 0. The molecule has 4 heteroatoms. The fourth-order valence-electron chi connectivity index (χ4n) is 1.89. The standard InChI is InChI=1S/C13H20N2O2/c1-13(2)16-10-12(17-13)9-14-8-6-11-5-3-4-7-15-11/h3-5,7,12,14H,6,8-10H2,1-2H3/t12-/m1/s1. The van der Waals surface area contributed by atoms with Gasteiger partial charge in [-0.3, -0.25) is 4.98 Å². The molecule has 4 nitrogen and oxygen atoms in total. The molecule has 1 fully saturated rings. The van der Waals surface area contributed by atoms with Crippen molar-refractivity contribution < 1.29 is 9.47 Å². The van der Waals surface area contributed by atoms with Gasteiger partial charge in [-0.1, -0.05) is 6.07 Å². The van der Waals surface area contributed by atoms with Gasteiger partial charge in [0.25, 0.3) is 0 Å². The summed E-state index contributed by atoms with van der Waals surface area (Å²) in [5.74, 6) is -0.423. The van der Waals surface area contributed by atoms with Crippen molar-refractivity contribution >= 4 is 0 Å². The summed E-state index contributed by atoms with van der Waals surface area (Å²) in [5, 5.41) is 3.37. The number of ether oxygens (including phenoxy) is 2. The molecular formula is C13H20N2O2. The summed E-state index contributed by atoms with van der Waals surface area (Å²) in [6, 6.07) is 5.99. The van der Waals surface area contributed by atoms with E-state index in [9.17, 15) is 0 Å². The first-order valence-electron chi connectivity index (χ1n) is 6.08. The SMILES string of the molecule is CC1(C)OC[C@@H](CNCCc2ccccn2)O1. The highest BCUT2D eigenvalue weighted by Gasteiger charge is 2.31. The first-order valence-corrected chi connectivity index (χ1v) is 6.08. The lowest BCUT2D eigenvalue weighted by Crippen LogP contribution is -2.31. The van der Waals surface area contributed by atoms with Crippen molar-refractivity contribution in [3.63, 3.8) is 0 Å². The maximum Gasteiger partial charge on any atom is 0.163 e. The molecule has 0 aromatic carbocycles. The quantitative estimate of drug-likeness (QED) is 0.784. The Kier molecular flexibility index (Phi) is 4.10. The molecule has 0 bridgehead atoms.